The van der Waals surface area contributed by atoms with Crippen LogP contribution in [0.4, 0.5) is 0 Å². The van der Waals surface area contributed by atoms with Crippen molar-refractivity contribution in [3.8, 4) is 6.07 Å². The van der Waals surface area contributed by atoms with Crippen molar-refractivity contribution in [3.05, 3.63) is 17.7 Å². The van der Waals surface area contributed by atoms with Crippen molar-refractivity contribution in [2.24, 2.45) is 0 Å². The Balaban J connectivity index is 2.42. The summed E-state index contributed by atoms with van der Waals surface area (Å²) in [4.78, 5) is 4.11. The minimum absolute atomic E-state index is 0.517. The van der Waals surface area contributed by atoms with Gasteiger partial charge in [0, 0.05) is 19.3 Å². The summed E-state index contributed by atoms with van der Waals surface area (Å²) in [5.41, 5.74) is 0.517. The lowest BCUT2D eigenvalue weighted by Crippen LogP contribution is -2.27. The number of hydrogen-bond acceptors (Lipinski definition) is 3. The predicted molar refractivity (Wildman–Crippen MR) is 38.6 cm³/mol. The van der Waals surface area contributed by atoms with E-state index in [2.05, 4.69) is 10.3 Å². The summed E-state index contributed by atoms with van der Waals surface area (Å²) in [6.45, 7) is 2.67. The Morgan fingerprint density at radius 2 is 2.64 bits per heavy atom. The normalized spacial score (nSPS) is 15.5. The molecule has 56 valence electrons. The molecule has 4 nitrogen and oxygen atoms in total. The van der Waals surface area contributed by atoms with E-state index in [1.807, 2.05) is 10.6 Å². The maximum Gasteiger partial charge on any atom is 0.158 e. The van der Waals surface area contributed by atoms with Gasteiger partial charge in [0.15, 0.2) is 5.69 Å². The number of imidazole rings is 1. The second-order valence-electron chi connectivity index (χ2n) is 2.52. The first-order chi connectivity index (χ1) is 5.40. The summed E-state index contributed by atoms with van der Waals surface area (Å²) in [6, 6.07) is 2.02. The molecule has 0 fully saturated rings. The van der Waals surface area contributed by atoms with Crippen molar-refractivity contribution in [2.45, 2.75) is 13.1 Å². The predicted octanol–water partition coefficient (Wildman–Crippen LogP) is -0.142. The quantitative estimate of drug-likeness (QED) is 0.557. The van der Waals surface area contributed by atoms with Crippen molar-refractivity contribution < 1.29 is 0 Å². The van der Waals surface area contributed by atoms with E-state index >= 15 is 0 Å². The highest BCUT2D eigenvalue weighted by Crippen LogP contribution is 2.04. The lowest BCUT2D eigenvalue weighted by molar-refractivity contribution is 0.505. The van der Waals surface area contributed by atoms with Crippen LogP contribution in [-0.2, 0) is 13.1 Å². The van der Waals surface area contributed by atoms with E-state index in [1.165, 1.54) is 0 Å². The molecule has 1 aliphatic heterocycles. The summed E-state index contributed by atoms with van der Waals surface area (Å²) in [7, 11) is 0. The molecule has 0 spiro atoms. The molecule has 1 aliphatic rings. The fraction of sp³-hybridized carbons (Fsp3) is 0.429. The van der Waals surface area contributed by atoms with Crippen LogP contribution in [0.15, 0.2) is 6.20 Å². The molecule has 2 rings (SSSR count). The van der Waals surface area contributed by atoms with Gasteiger partial charge < -0.3 is 9.88 Å². The molecule has 0 unspecified atom stereocenters. The van der Waals surface area contributed by atoms with Crippen molar-refractivity contribution in [2.75, 3.05) is 6.54 Å². The second kappa shape index (κ2) is 2.36. The standard InChI is InChI=1S/C7H8N4/c8-3-6-5-11-2-1-9-4-7(11)10-6/h5,9H,1-2,4H2. The summed E-state index contributed by atoms with van der Waals surface area (Å²) in [6.07, 6.45) is 1.80. The van der Waals surface area contributed by atoms with E-state index in [9.17, 15) is 0 Å². The topological polar surface area (TPSA) is 53.6 Å². The number of nitrogens with one attached hydrogen (secondary N) is 1. The zero-order valence-electron chi connectivity index (χ0n) is 6.04. The second-order valence-corrected chi connectivity index (χ2v) is 2.52. The van der Waals surface area contributed by atoms with Gasteiger partial charge in [-0.2, -0.15) is 5.26 Å². The molecule has 0 saturated heterocycles. The van der Waals surface area contributed by atoms with Gasteiger partial charge in [0.2, 0.25) is 0 Å². The van der Waals surface area contributed by atoms with Crippen LogP contribution in [0.3, 0.4) is 0 Å². The first kappa shape index (κ1) is 6.38. The van der Waals surface area contributed by atoms with Crippen LogP contribution in [0.2, 0.25) is 0 Å². The number of rotatable bonds is 0. The number of hydrogen-bond donors (Lipinski definition) is 1. The van der Waals surface area contributed by atoms with Crippen LogP contribution in [-0.4, -0.2) is 16.1 Å². The van der Waals surface area contributed by atoms with E-state index in [0.717, 1.165) is 25.5 Å². The van der Waals surface area contributed by atoms with E-state index in [4.69, 9.17) is 5.26 Å². The third kappa shape index (κ3) is 0.994. The van der Waals surface area contributed by atoms with Gasteiger partial charge in [-0.05, 0) is 0 Å². The van der Waals surface area contributed by atoms with Gasteiger partial charge in [0.25, 0.3) is 0 Å². The van der Waals surface area contributed by atoms with Gasteiger partial charge in [-0.25, -0.2) is 4.98 Å². The highest BCUT2D eigenvalue weighted by Gasteiger charge is 2.10. The van der Waals surface area contributed by atoms with Crippen LogP contribution >= 0.6 is 0 Å². The number of nitrogens with zero attached hydrogens (tertiary/aromatic N) is 3. The average molecular weight is 148 g/mol. The Bertz CT molecular complexity index is 283. The highest BCUT2D eigenvalue weighted by atomic mass is 15.1. The maximum absolute atomic E-state index is 8.54. The van der Waals surface area contributed by atoms with Crippen LogP contribution in [0.25, 0.3) is 0 Å². The Labute approximate surface area is 64.5 Å². The van der Waals surface area contributed by atoms with Crippen molar-refractivity contribution in [1.29, 1.82) is 5.26 Å². The maximum atomic E-state index is 8.54. The molecule has 0 aromatic carbocycles. The molecule has 0 atom stereocenters. The zero-order chi connectivity index (χ0) is 7.68. The van der Waals surface area contributed by atoms with E-state index in [-0.39, 0.29) is 0 Å². The molecule has 0 saturated carbocycles. The van der Waals surface area contributed by atoms with Gasteiger partial charge in [-0.15, -0.1) is 0 Å². The summed E-state index contributed by atoms with van der Waals surface area (Å²) in [5.74, 6) is 0.966. The Hall–Kier alpha value is -1.34. The molecule has 0 amide bonds. The first-order valence-electron chi connectivity index (χ1n) is 3.57. The van der Waals surface area contributed by atoms with Gasteiger partial charge in [0.1, 0.15) is 11.9 Å². The van der Waals surface area contributed by atoms with Crippen molar-refractivity contribution in [3.63, 3.8) is 0 Å². The Kier molecular flexibility index (Phi) is 1.37. The van der Waals surface area contributed by atoms with Gasteiger partial charge >= 0.3 is 0 Å². The van der Waals surface area contributed by atoms with E-state index < -0.39 is 0 Å². The molecule has 4 heteroatoms. The fourth-order valence-corrected chi connectivity index (χ4v) is 1.24. The molecular formula is C7H8N4. The van der Waals surface area contributed by atoms with Crippen molar-refractivity contribution >= 4 is 0 Å². The molecule has 0 radical (unpaired) electrons. The lowest BCUT2D eigenvalue weighted by Gasteiger charge is -2.13. The van der Waals surface area contributed by atoms with Crippen LogP contribution in [0.1, 0.15) is 11.5 Å². The van der Waals surface area contributed by atoms with Crippen LogP contribution in [0.5, 0.6) is 0 Å². The summed E-state index contributed by atoms with van der Waals surface area (Å²) >= 11 is 0. The molecule has 2 heterocycles. The van der Waals surface area contributed by atoms with Crippen LogP contribution in [0, 0.1) is 11.3 Å². The fourth-order valence-electron chi connectivity index (χ4n) is 1.24. The van der Waals surface area contributed by atoms with Crippen LogP contribution < -0.4 is 5.32 Å². The van der Waals surface area contributed by atoms with Crippen molar-refractivity contribution in [1.82, 2.24) is 14.9 Å². The van der Waals surface area contributed by atoms with E-state index in [1.54, 1.807) is 6.20 Å². The van der Waals surface area contributed by atoms with Gasteiger partial charge in [-0.1, -0.05) is 0 Å². The number of nitriles is 1. The number of fused-ring (bicyclic) bond motifs is 1. The highest BCUT2D eigenvalue weighted by molar-refractivity contribution is 5.19. The molecule has 11 heavy (non-hydrogen) atoms. The lowest BCUT2D eigenvalue weighted by atomic mass is 10.4. The molecule has 1 aromatic rings. The third-order valence-corrected chi connectivity index (χ3v) is 1.79. The largest absolute Gasteiger partial charge is 0.331 e. The smallest absolute Gasteiger partial charge is 0.158 e. The Morgan fingerprint density at radius 3 is 3.36 bits per heavy atom. The Morgan fingerprint density at radius 1 is 1.73 bits per heavy atom. The molecule has 1 N–H and O–H groups in total. The minimum Gasteiger partial charge on any atom is -0.331 e. The first-order valence-corrected chi connectivity index (χ1v) is 3.57. The summed E-state index contributed by atoms with van der Waals surface area (Å²) in [5, 5.41) is 11.7. The third-order valence-electron chi connectivity index (χ3n) is 1.79. The summed E-state index contributed by atoms with van der Waals surface area (Å²) < 4.78 is 2.02. The zero-order valence-corrected chi connectivity index (χ0v) is 6.04. The monoisotopic (exact) mass is 148 g/mol. The van der Waals surface area contributed by atoms with E-state index in [0.29, 0.717) is 5.69 Å². The van der Waals surface area contributed by atoms with Gasteiger partial charge in [0.05, 0.1) is 6.54 Å². The van der Waals surface area contributed by atoms with Gasteiger partial charge in [-0.3, -0.25) is 0 Å². The molecule has 0 aliphatic carbocycles. The molecule has 1 aromatic heterocycles. The SMILES string of the molecule is N#Cc1cn2c(n1)CNCC2. The molecule has 0 bridgehead atoms. The molecular weight excluding hydrogens is 140 g/mol. The average Bonchev–Trinajstić information content (AvgIpc) is 2.46. The number of aromatic nitrogens is 2. The minimum atomic E-state index is 0.517.